The maximum atomic E-state index is 12.7. The van der Waals surface area contributed by atoms with Crippen LogP contribution in [0.3, 0.4) is 0 Å². The minimum absolute atomic E-state index is 0.145. The van der Waals surface area contributed by atoms with Crippen molar-refractivity contribution in [1.82, 2.24) is 4.31 Å². The second-order valence-corrected chi connectivity index (χ2v) is 8.43. The minimum atomic E-state index is -3.64. The Hall–Kier alpha value is -3.20. The predicted molar refractivity (Wildman–Crippen MR) is 102 cm³/mol. The number of nitrogens with zero attached hydrogens (tertiary/aromatic N) is 3. The van der Waals surface area contributed by atoms with Crippen LogP contribution < -0.4 is 5.32 Å². The maximum absolute atomic E-state index is 12.7. The van der Waals surface area contributed by atoms with Crippen molar-refractivity contribution in [1.29, 1.82) is 10.5 Å². The van der Waals surface area contributed by atoms with Gasteiger partial charge in [-0.15, -0.1) is 0 Å². The lowest BCUT2D eigenvalue weighted by molar-refractivity contribution is -0.120. The van der Waals surface area contributed by atoms with Gasteiger partial charge in [0.15, 0.2) is 0 Å². The van der Waals surface area contributed by atoms with E-state index in [1.165, 1.54) is 28.6 Å². The second kappa shape index (κ2) is 8.22. The van der Waals surface area contributed by atoms with Crippen molar-refractivity contribution in [3.05, 3.63) is 59.7 Å². The molecule has 2 aromatic rings. The van der Waals surface area contributed by atoms with Crippen molar-refractivity contribution >= 4 is 21.6 Å². The lowest BCUT2D eigenvalue weighted by Crippen LogP contribution is -2.41. The summed E-state index contributed by atoms with van der Waals surface area (Å²) in [4.78, 5) is 12.6. The number of anilines is 1. The molecule has 1 aliphatic rings. The van der Waals surface area contributed by atoms with Gasteiger partial charge in [-0.2, -0.15) is 14.8 Å². The van der Waals surface area contributed by atoms with Gasteiger partial charge in [0.2, 0.25) is 15.9 Å². The number of sulfonamides is 1. The monoisotopic (exact) mass is 394 g/mol. The zero-order valence-corrected chi connectivity index (χ0v) is 15.8. The molecule has 0 aliphatic carbocycles. The van der Waals surface area contributed by atoms with E-state index in [0.717, 1.165) is 0 Å². The molecule has 1 saturated heterocycles. The number of carbonyl (C=O) groups excluding carboxylic acids is 1. The van der Waals surface area contributed by atoms with E-state index in [4.69, 9.17) is 10.5 Å². The van der Waals surface area contributed by atoms with E-state index >= 15 is 0 Å². The fourth-order valence-electron chi connectivity index (χ4n) is 3.08. The van der Waals surface area contributed by atoms with Crippen LogP contribution in [-0.4, -0.2) is 31.7 Å². The Balaban J connectivity index is 1.60. The molecule has 142 valence electrons. The van der Waals surface area contributed by atoms with Gasteiger partial charge in [0.1, 0.15) is 0 Å². The fraction of sp³-hybridized carbons (Fsp3) is 0.250. The van der Waals surface area contributed by atoms with Crippen molar-refractivity contribution < 1.29 is 13.2 Å². The summed E-state index contributed by atoms with van der Waals surface area (Å²) in [5, 5.41) is 20.5. The number of hydrogen-bond acceptors (Lipinski definition) is 5. The van der Waals surface area contributed by atoms with Gasteiger partial charge in [0.25, 0.3) is 0 Å². The number of carbonyl (C=O) groups is 1. The molecule has 28 heavy (non-hydrogen) atoms. The SMILES string of the molecule is N#Cc1ccc(NC(=O)C2CCN(S(=O)(=O)c3ccc(C#N)cc3)CC2)cc1. The molecule has 1 amide bonds. The van der Waals surface area contributed by atoms with Gasteiger partial charge < -0.3 is 5.32 Å². The summed E-state index contributed by atoms with van der Waals surface area (Å²) in [6, 6.07) is 16.4. The molecule has 0 aromatic heterocycles. The van der Waals surface area contributed by atoms with Crippen molar-refractivity contribution in [2.45, 2.75) is 17.7 Å². The highest BCUT2D eigenvalue weighted by molar-refractivity contribution is 7.89. The Kier molecular flexibility index (Phi) is 5.74. The summed E-state index contributed by atoms with van der Waals surface area (Å²) >= 11 is 0. The molecule has 0 radical (unpaired) electrons. The van der Waals surface area contributed by atoms with Crippen LogP contribution in [-0.2, 0) is 14.8 Å². The van der Waals surface area contributed by atoms with Crippen molar-refractivity contribution in [3.8, 4) is 12.1 Å². The zero-order chi connectivity index (χ0) is 20.1. The van der Waals surface area contributed by atoms with Crippen LogP contribution in [0.25, 0.3) is 0 Å². The van der Waals surface area contributed by atoms with Crippen LogP contribution in [0.2, 0.25) is 0 Å². The van der Waals surface area contributed by atoms with E-state index < -0.39 is 10.0 Å². The van der Waals surface area contributed by atoms with E-state index in [9.17, 15) is 13.2 Å². The van der Waals surface area contributed by atoms with Gasteiger partial charge in [-0.1, -0.05) is 0 Å². The Morgan fingerprint density at radius 2 is 1.43 bits per heavy atom. The topological polar surface area (TPSA) is 114 Å². The number of nitriles is 2. The van der Waals surface area contributed by atoms with E-state index in [2.05, 4.69) is 5.32 Å². The van der Waals surface area contributed by atoms with Gasteiger partial charge in [0, 0.05) is 24.7 Å². The van der Waals surface area contributed by atoms with Gasteiger partial charge in [-0.05, 0) is 61.4 Å². The molecule has 0 atom stereocenters. The first kappa shape index (κ1) is 19.6. The van der Waals surface area contributed by atoms with Crippen molar-refractivity contribution in [2.24, 2.45) is 5.92 Å². The van der Waals surface area contributed by atoms with Crippen LogP contribution in [0, 0.1) is 28.6 Å². The molecule has 7 nitrogen and oxygen atoms in total. The highest BCUT2D eigenvalue weighted by Crippen LogP contribution is 2.25. The molecule has 1 aliphatic heterocycles. The molecule has 2 aromatic carbocycles. The normalized spacial score (nSPS) is 15.4. The molecule has 0 unspecified atom stereocenters. The van der Waals surface area contributed by atoms with E-state index in [1.54, 1.807) is 24.3 Å². The highest BCUT2D eigenvalue weighted by Gasteiger charge is 2.32. The Bertz CT molecular complexity index is 1040. The summed E-state index contributed by atoms with van der Waals surface area (Å²) in [5.41, 5.74) is 1.52. The van der Waals surface area contributed by atoms with Crippen LogP contribution in [0.1, 0.15) is 24.0 Å². The molecule has 0 spiro atoms. The lowest BCUT2D eigenvalue weighted by atomic mass is 9.97. The third-order valence-corrected chi connectivity index (χ3v) is 6.64. The number of benzene rings is 2. The van der Waals surface area contributed by atoms with Crippen LogP contribution in [0.4, 0.5) is 5.69 Å². The number of piperidine rings is 1. The lowest BCUT2D eigenvalue weighted by Gasteiger charge is -2.30. The standard InChI is InChI=1S/C20H18N4O3S/c21-13-15-1-5-18(6-2-15)23-20(25)17-9-11-24(12-10-17)28(26,27)19-7-3-16(14-22)4-8-19/h1-8,17H,9-12H2,(H,23,25). The average molecular weight is 394 g/mol. The Labute approximate surface area is 163 Å². The largest absolute Gasteiger partial charge is 0.326 e. The quantitative estimate of drug-likeness (QED) is 0.855. The molecular formula is C20H18N4O3S. The molecular weight excluding hydrogens is 376 g/mol. The smallest absolute Gasteiger partial charge is 0.243 e. The number of amides is 1. The fourth-order valence-corrected chi connectivity index (χ4v) is 4.55. The van der Waals surface area contributed by atoms with E-state index in [-0.39, 0.29) is 29.8 Å². The van der Waals surface area contributed by atoms with Gasteiger partial charge in [0.05, 0.1) is 28.2 Å². The van der Waals surface area contributed by atoms with Crippen LogP contribution in [0.5, 0.6) is 0 Å². The Morgan fingerprint density at radius 3 is 1.93 bits per heavy atom. The third-order valence-electron chi connectivity index (χ3n) is 4.73. The molecule has 0 bridgehead atoms. The van der Waals surface area contributed by atoms with Crippen molar-refractivity contribution in [3.63, 3.8) is 0 Å². The minimum Gasteiger partial charge on any atom is -0.326 e. The summed E-state index contributed by atoms with van der Waals surface area (Å²) in [7, 11) is -3.64. The van der Waals surface area contributed by atoms with Crippen LogP contribution in [0.15, 0.2) is 53.4 Å². The first-order valence-corrected chi connectivity index (χ1v) is 10.2. The second-order valence-electron chi connectivity index (χ2n) is 6.49. The van der Waals surface area contributed by atoms with Crippen molar-refractivity contribution in [2.75, 3.05) is 18.4 Å². The molecule has 0 saturated carbocycles. The number of hydrogen-bond donors (Lipinski definition) is 1. The molecule has 1 N–H and O–H groups in total. The summed E-state index contributed by atoms with van der Waals surface area (Å²) in [6.45, 7) is 0.515. The molecule has 1 fully saturated rings. The Morgan fingerprint density at radius 1 is 0.929 bits per heavy atom. The van der Waals surface area contributed by atoms with Gasteiger partial charge in [-0.3, -0.25) is 4.79 Å². The molecule has 3 rings (SSSR count). The van der Waals surface area contributed by atoms with Gasteiger partial charge in [-0.25, -0.2) is 8.42 Å². The predicted octanol–water partition coefficient (Wildman–Crippen LogP) is 2.47. The molecule has 8 heteroatoms. The average Bonchev–Trinajstić information content (AvgIpc) is 2.74. The third kappa shape index (κ3) is 4.20. The van der Waals surface area contributed by atoms with E-state index in [0.29, 0.717) is 29.7 Å². The van der Waals surface area contributed by atoms with Gasteiger partial charge >= 0.3 is 0 Å². The summed E-state index contributed by atoms with van der Waals surface area (Å²) < 4.78 is 26.8. The maximum Gasteiger partial charge on any atom is 0.243 e. The summed E-state index contributed by atoms with van der Waals surface area (Å²) in [6.07, 6.45) is 0.856. The number of nitrogens with one attached hydrogen (secondary N) is 1. The molecule has 1 heterocycles. The van der Waals surface area contributed by atoms with E-state index in [1.807, 2.05) is 12.1 Å². The summed E-state index contributed by atoms with van der Waals surface area (Å²) in [5.74, 6) is -0.428. The van der Waals surface area contributed by atoms with Crippen LogP contribution >= 0.6 is 0 Å². The first-order chi connectivity index (χ1) is 13.4. The zero-order valence-electron chi connectivity index (χ0n) is 15.0. The number of rotatable bonds is 4. The highest BCUT2D eigenvalue weighted by atomic mass is 32.2. The first-order valence-electron chi connectivity index (χ1n) is 8.75.